The second kappa shape index (κ2) is 24.2. The summed E-state index contributed by atoms with van der Waals surface area (Å²) in [6, 6.07) is 0. The highest BCUT2D eigenvalue weighted by Crippen LogP contribution is 2.59. The molecule has 5 N–H and O–H groups in total. The van der Waals surface area contributed by atoms with Crippen LogP contribution in [-0.4, -0.2) is 73.3 Å². The standard InChI is InChI=1S/C31H55N5O9P2/c1-2-3-4-5-6-7-8-9-10-11-12-13-14-15-16-17-18-20-42-21-19-22-44-47(40,41)45-46(38,39)27-43-28(24-37)23-36-26-35-29-30(32)33-25-34-31(29)36/h2-5,25-26,28,37H,6-24,27H2,1H3,(H,38,39)(H,40,41)(H2,32,33,34)/t28-/m0/s1. The maximum atomic E-state index is 12.4. The number of unbranched alkanes of at least 4 members (excludes halogenated alkanes) is 12. The van der Waals surface area contributed by atoms with E-state index in [0.29, 0.717) is 30.8 Å². The number of ether oxygens (including phenoxy) is 2. The van der Waals surface area contributed by atoms with Gasteiger partial charge in [-0.3, -0.25) is 9.09 Å². The Morgan fingerprint density at radius 3 is 2.17 bits per heavy atom. The van der Waals surface area contributed by atoms with Crippen LogP contribution in [0.2, 0.25) is 0 Å². The number of anilines is 1. The number of aromatic nitrogens is 4. The lowest BCUT2D eigenvalue weighted by Gasteiger charge is -2.20. The number of hydrogen-bond donors (Lipinski definition) is 4. The number of nitrogens with zero attached hydrogens (tertiary/aromatic N) is 4. The quantitative estimate of drug-likeness (QED) is 0.0398. The Balaban J connectivity index is 1.44. The summed E-state index contributed by atoms with van der Waals surface area (Å²) < 4.78 is 46.2. The van der Waals surface area contributed by atoms with Crippen LogP contribution in [0.1, 0.15) is 96.8 Å². The first-order valence-corrected chi connectivity index (χ1v) is 19.9. The second-order valence-electron chi connectivity index (χ2n) is 11.4. The van der Waals surface area contributed by atoms with Crippen LogP contribution in [0.4, 0.5) is 5.82 Å². The highest BCUT2D eigenvalue weighted by Gasteiger charge is 2.34. The molecule has 0 aliphatic carbocycles. The van der Waals surface area contributed by atoms with Crippen LogP contribution in [-0.2, 0) is 34.0 Å². The Hall–Kier alpha value is -1.99. The van der Waals surface area contributed by atoms with Crippen LogP contribution in [0.25, 0.3) is 11.2 Å². The summed E-state index contributed by atoms with van der Waals surface area (Å²) in [4.78, 5) is 32.0. The molecule has 47 heavy (non-hydrogen) atoms. The summed E-state index contributed by atoms with van der Waals surface area (Å²) in [7, 11) is -9.54. The van der Waals surface area contributed by atoms with Gasteiger partial charge in [0.25, 0.3) is 0 Å². The van der Waals surface area contributed by atoms with Crippen molar-refractivity contribution in [3.8, 4) is 0 Å². The number of rotatable bonds is 29. The molecule has 14 nitrogen and oxygen atoms in total. The van der Waals surface area contributed by atoms with E-state index in [4.69, 9.17) is 19.7 Å². The average molecular weight is 704 g/mol. The number of phosphoric ester groups is 1. The van der Waals surface area contributed by atoms with Gasteiger partial charge in [0.1, 0.15) is 18.2 Å². The van der Waals surface area contributed by atoms with Crippen molar-refractivity contribution in [2.45, 2.75) is 109 Å². The predicted molar refractivity (Wildman–Crippen MR) is 183 cm³/mol. The molecule has 0 aliphatic rings. The Bertz CT molecular complexity index is 1280. The van der Waals surface area contributed by atoms with Gasteiger partial charge in [-0.05, 0) is 32.6 Å². The highest BCUT2D eigenvalue weighted by atomic mass is 31.3. The van der Waals surface area contributed by atoms with E-state index in [2.05, 4.69) is 37.5 Å². The molecule has 268 valence electrons. The molecule has 0 aliphatic heterocycles. The van der Waals surface area contributed by atoms with Crippen LogP contribution in [0.3, 0.4) is 0 Å². The van der Waals surface area contributed by atoms with Gasteiger partial charge in [-0.2, -0.15) is 0 Å². The van der Waals surface area contributed by atoms with Crippen molar-refractivity contribution in [3.63, 3.8) is 0 Å². The molecule has 3 atom stereocenters. The number of allylic oxidation sites excluding steroid dienone is 4. The predicted octanol–water partition coefficient (Wildman–Crippen LogP) is 6.67. The van der Waals surface area contributed by atoms with Crippen molar-refractivity contribution in [2.75, 3.05) is 38.5 Å². The molecule has 0 spiro atoms. The van der Waals surface area contributed by atoms with Gasteiger partial charge in [0, 0.05) is 13.2 Å². The number of nitrogen functional groups attached to an aromatic ring is 1. The number of phosphoric acid groups is 1. The summed E-state index contributed by atoms with van der Waals surface area (Å²) in [5, 5.41) is 9.65. The van der Waals surface area contributed by atoms with Crippen molar-refractivity contribution in [2.24, 2.45) is 0 Å². The van der Waals surface area contributed by atoms with Crippen molar-refractivity contribution in [3.05, 3.63) is 37.0 Å². The molecule has 0 radical (unpaired) electrons. The summed E-state index contributed by atoms with van der Waals surface area (Å²) in [6.45, 7) is 2.25. The van der Waals surface area contributed by atoms with Crippen molar-refractivity contribution >= 4 is 32.4 Å². The van der Waals surface area contributed by atoms with Gasteiger partial charge < -0.3 is 34.7 Å². The Morgan fingerprint density at radius 1 is 0.872 bits per heavy atom. The van der Waals surface area contributed by atoms with Crippen molar-refractivity contribution in [1.82, 2.24) is 19.5 Å². The van der Waals surface area contributed by atoms with E-state index in [1.165, 1.54) is 87.9 Å². The third kappa shape index (κ3) is 19.0. The van der Waals surface area contributed by atoms with E-state index in [0.717, 1.165) is 12.8 Å². The molecule has 2 aromatic heterocycles. The Kier molecular flexibility index (Phi) is 21.2. The number of fused-ring (bicyclic) bond motifs is 1. The van der Waals surface area contributed by atoms with Gasteiger partial charge in [0.2, 0.25) is 0 Å². The van der Waals surface area contributed by atoms with Gasteiger partial charge in [0.05, 0.1) is 32.2 Å². The maximum absolute atomic E-state index is 12.4. The van der Waals surface area contributed by atoms with E-state index in [9.17, 15) is 24.0 Å². The maximum Gasteiger partial charge on any atom is 0.479 e. The number of aliphatic hydroxyl groups excluding tert-OH is 1. The molecule has 0 aromatic carbocycles. The molecule has 0 fully saturated rings. The number of imidazole rings is 1. The molecular formula is C31H55N5O9P2. The van der Waals surface area contributed by atoms with Gasteiger partial charge in [0.15, 0.2) is 11.5 Å². The molecule has 0 saturated heterocycles. The molecular weight excluding hydrogens is 648 g/mol. The normalized spacial score (nSPS) is 15.5. The minimum absolute atomic E-state index is 0.00766. The number of hydrogen-bond acceptors (Lipinski definition) is 11. The number of aliphatic hydroxyl groups is 1. The Labute approximate surface area is 278 Å². The van der Waals surface area contributed by atoms with E-state index in [1.54, 1.807) is 0 Å². The molecule has 2 aromatic rings. The van der Waals surface area contributed by atoms with Gasteiger partial charge in [-0.1, -0.05) is 88.5 Å². The van der Waals surface area contributed by atoms with E-state index < -0.39 is 34.5 Å². The zero-order chi connectivity index (χ0) is 34.2. The summed E-state index contributed by atoms with van der Waals surface area (Å²) in [5.74, 6) is 0.178. The zero-order valence-corrected chi connectivity index (χ0v) is 29.5. The van der Waals surface area contributed by atoms with Crippen LogP contribution < -0.4 is 5.73 Å². The van der Waals surface area contributed by atoms with Crippen molar-refractivity contribution < 1.29 is 42.3 Å². The number of nitrogens with two attached hydrogens (primary N) is 1. The van der Waals surface area contributed by atoms with E-state index in [-0.39, 0.29) is 19.0 Å². The largest absolute Gasteiger partial charge is 0.479 e. The summed E-state index contributed by atoms with van der Waals surface area (Å²) >= 11 is 0. The third-order valence-corrected chi connectivity index (χ3v) is 10.1. The van der Waals surface area contributed by atoms with Crippen LogP contribution in [0, 0.1) is 0 Å². The molecule has 16 heteroatoms. The van der Waals surface area contributed by atoms with Crippen LogP contribution >= 0.6 is 15.4 Å². The van der Waals surface area contributed by atoms with Gasteiger partial charge >= 0.3 is 15.4 Å². The summed E-state index contributed by atoms with van der Waals surface area (Å²) in [5.41, 5.74) is 6.51. The van der Waals surface area contributed by atoms with Crippen molar-refractivity contribution in [1.29, 1.82) is 0 Å². The molecule has 2 heterocycles. The molecule has 2 unspecified atom stereocenters. The zero-order valence-electron chi connectivity index (χ0n) is 27.7. The SMILES string of the molecule is CC=CC=CCCCCCCCCCCCCCCOCCCOP(=O)(O)OP(=O)(O)CO[C@H](CO)Cn1cnc2c(N)ncnc21. The minimum Gasteiger partial charge on any atom is -0.394 e. The van der Waals surface area contributed by atoms with Gasteiger partial charge in [-0.25, -0.2) is 23.8 Å². The first kappa shape index (κ1) is 41.2. The fourth-order valence-electron chi connectivity index (χ4n) is 4.79. The van der Waals surface area contributed by atoms with Crippen LogP contribution in [0.5, 0.6) is 0 Å². The van der Waals surface area contributed by atoms with Gasteiger partial charge in [-0.15, -0.1) is 0 Å². The highest BCUT2D eigenvalue weighted by molar-refractivity contribution is 7.63. The van der Waals surface area contributed by atoms with Crippen LogP contribution in [0.15, 0.2) is 37.0 Å². The average Bonchev–Trinajstić information content (AvgIpc) is 3.45. The third-order valence-electron chi connectivity index (χ3n) is 7.27. The lowest BCUT2D eigenvalue weighted by Crippen LogP contribution is -2.24. The molecule has 0 bridgehead atoms. The smallest absolute Gasteiger partial charge is 0.394 e. The molecule has 2 rings (SSSR count). The first-order chi connectivity index (χ1) is 22.7. The first-order valence-electron chi connectivity index (χ1n) is 16.7. The summed E-state index contributed by atoms with van der Waals surface area (Å²) in [6.07, 6.45) is 25.7. The minimum atomic E-state index is -4.83. The van der Waals surface area contributed by atoms with E-state index in [1.807, 2.05) is 13.0 Å². The monoisotopic (exact) mass is 703 g/mol. The lowest BCUT2D eigenvalue weighted by atomic mass is 10.0. The fraction of sp³-hybridized carbons (Fsp3) is 0.710. The van der Waals surface area contributed by atoms with E-state index >= 15 is 0 Å². The fourth-order valence-corrected chi connectivity index (χ4v) is 7.21. The second-order valence-corrected chi connectivity index (χ2v) is 14.8. The topological polar surface area (TPSA) is 201 Å². The molecule has 0 amide bonds. The molecule has 0 saturated carbocycles. The lowest BCUT2D eigenvalue weighted by molar-refractivity contribution is 0.0198. The Morgan fingerprint density at radius 2 is 1.51 bits per heavy atom.